The van der Waals surface area contributed by atoms with Crippen molar-refractivity contribution in [3.63, 3.8) is 0 Å². The maximum absolute atomic E-state index is 5.73. The summed E-state index contributed by atoms with van der Waals surface area (Å²) in [4.78, 5) is 8.48. The van der Waals surface area contributed by atoms with E-state index in [-0.39, 0.29) is 12.1 Å². The van der Waals surface area contributed by atoms with Crippen molar-refractivity contribution in [2.24, 2.45) is 0 Å². The molecule has 0 aliphatic carbocycles. The van der Waals surface area contributed by atoms with Crippen LogP contribution in [0, 0.1) is 0 Å². The lowest BCUT2D eigenvalue weighted by Crippen LogP contribution is -2.23. The van der Waals surface area contributed by atoms with Crippen LogP contribution in [0.1, 0.15) is 37.9 Å². The second-order valence-electron chi connectivity index (χ2n) is 5.30. The van der Waals surface area contributed by atoms with Crippen molar-refractivity contribution in [3.8, 4) is 5.75 Å². The van der Waals surface area contributed by atoms with Crippen molar-refractivity contribution in [1.82, 2.24) is 15.3 Å². The van der Waals surface area contributed by atoms with Crippen LogP contribution in [0.25, 0.3) is 0 Å². The number of pyridine rings is 2. The third-order valence-electron chi connectivity index (χ3n) is 3.12. The Labute approximate surface area is 126 Å². The normalized spacial score (nSPS) is 12.4. The van der Waals surface area contributed by atoms with Crippen molar-refractivity contribution in [1.29, 1.82) is 0 Å². The van der Waals surface area contributed by atoms with Gasteiger partial charge in [0.2, 0.25) is 0 Å². The van der Waals surface area contributed by atoms with Crippen molar-refractivity contribution in [3.05, 3.63) is 54.1 Å². The zero-order valence-corrected chi connectivity index (χ0v) is 12.9. The number of rotatable bonds is 7. The van der Waals surface area contributed by atoms with E-state index in [0.29, 0.717) is 0 Å². The molecule has 1 unspecified atom stereocenters. The molecule has 2 heterocycles. The van der Waals surface area contributed by atoms with Crippen LogP contribution < -0.4 is 10.1 Å². The standard InChI is InChI=1S/C17H23N3O/c1-4-20-17(8-14-6-5-7-18-10-14)15-9-16(12-19-11-15)21-13(2)3/h5-7,9-13,17,20H,4,8H2,1-3H3. The van der Waals surface area contributed by atoms with Crippen LogP contribution in [-0.4, -0.2) is 22.6 Å². The summed E-state index contributed by atoms with van der Waals surface area (Å²) in [5.41, 5.74) is 2.34. The molecule has 4 heteroatoms. The largest absolute Gasteiger partial charge is 0.489 e. The Kier molecular flexibility index (Phi) is 5.69. The minimum Gasteiger partial charge on any atom is -0.489 e. The molecule has 0 aromatic carbocycles. The Hall–Kier alpha value is -1.94. The highest BCUT2D eigenvalue weighted by Crippen LogP contribution is 2.22. The fourth-order valence-electron chi connectivity index (χ4n) is 2.27. The van der Waals surface area contributed by atoms with Gasteiger partial charge < -0.3 is 10.1 Å². The van der Waals surface area contributed by atoms with Crippen LogP contribution >= 0.6 is 0 Å². The molecule has 21 heavy (non-hydrogen) atoms. The summed E-state index contributed by atoms with van der Waals surface area (Å²) < 4.78 is 5.73. The summed E-state index contributed by atoms with van der Waals surface area (Å²) in [6.07, 6.45) is 8.40. The molecule has 2 aromatic rings. The van der Waals surface area contributed by atoms with Gasteiger partial charge in [0, 0.05) is 24.6 Å². The molecule has 0 aliphatic heterocycles. The van der Waals surface area contributed by atoms with E-state index in [1.807, 2.05) is 32.3 Å². The molecular formula is C17H23N3O. The first-order valence-corrected chi connectivity index (χ1v) is 7.43. The van der Waals surface area contributed by atoms with E-state index in [2.05, 4.69) is 34.3 Å². The zero-order chi connectivity index (χ0) is 15.1. The lowest BCUT2D eigenvalue weighted by atomic mass is 10.0. The lowest BCUT2D eigenvalue weighted by molar-refractivity contribution is 0.241. The summed E-state index contributed by atoms with van der Waals surface area (Å²) in [5.74, 6) is 0.816. The molecule has 1 N–H and O–H groups in total. The van der Waals surface area contributed by atoms with Gasteiger partial charge in [-0.3, -0.25) is 9.97 Å². The first kappa shape index (κ1) is 15.4. The highest BCUT2D eigenvalue weighted by atomic mass is 16.5. The van der Waals surface area contributed by atoms with E-state index in [4.69, 9.17) is 4.74 Å². The molecule has 4 nitrogen and oxygen atoms in total. The predicted molar refractivity (Wildman–Crippen MR) is 84.4 cm³/mol. The van der Waals surface area contributed by atoms with Crippen LogP contribution in [-0.2, 0) is 6.42 Å². The molecule has 1 atom stereocenters. The molecule has 0 bridgehead atoms. The molecule has 0 radical (unpaired) electrons. The van der Waals surface area contributed by atoms with Gasteiger partial charge in [0.1, 0.15) is 5.75 Å². The Morgan fingerprint density at radius 3 is 2.71 bits per heavy atom. The fraction of sp³-hybridized carbons (Fsp3) is 0.412. The molecule has 0 amide bonds. The van der Waals surface area contributed by atoms with Gasteiger partial charge in [-0.2, -0.15) is 0 Å². The monoisotopic (exact) mass is 285 g/mol. The second-order valence-corrected chi connectivity index (χ2v) is 5.30. The molecule has 2 rings (SSSR count). The van der Waals surface area contributed by atoms with Gasteiger partial charge in [0.25, 0.3) is 0 Å². The Bertz CT molecular complexity index is 543. The molecule has 0 aliphatic rings. The average molecular weight is 285 g/mol. The first-order valence-electron chi connectivity index (χ1n) is 7.43. The number of hydrogen-bond acceptors (Lipinski definition) is 4. The molecule has 0 saturated heterocycles. The molecule has 2 aromatic heterocycles. The molecule has 0 saturated carbocycles. The number of hydrogen-bond donors (Lipinski definition) is 1. The first-order chi connectivity index (χ1) is 10.2. The Morgan fingerprint density at radius 1 is 1.19 bits per heavy atom. The summed E-state index contributed by atoms with van der Waals surface area (Å²) >= 11 is 0. The summed E-state index contributed by atoms with van der Waals surface area (Å²) in [5, 5.41) is 3.50. The maximum atomic E-state index is 5.73. The summed E-state index contributed by atoms with van der Waals surface area (Å²) in [7, 11) is 0. The molecular weight excluding hydrogens is 262 g/mol. The van der Waals surface area contributed by atoms with Crippen molar-refractivity contribution in [2.45, 2.75) is 39.3 Å². The van der Waals surface area contributed by atoms with E-state index in [9.17, 15) is 0 Å². The SMILES string of the molecule is CCNC(Cc1cccnc1)c1cncc(OC(C)C)c1. The predicted octanol–water partition coefficient (Wildman–Crippen LogP) is 3.16. The minimum atomic E-state index is 0.151. The number of nitrogens with one attached hydrogen (secondary N) is 1. The summed E-state index contributed by atoms with van der Waals surface area (Å²) in [6.45, 7) is 7.05. The Balaban J connectivity index is 2.17. The number of aromatic nitrogens is 2. The fourth-order valence-corrected chi connectivity index (χ4v) is 2.27. The smallest absolute Gasteiger partial charge is 0.138 e. The van der Waals surface area contributed by atoms with Gasteiger partial charge in [-0.15, -0.1) is 0 Å². The average Bonchev–Trinajstić information content (AvgIpc) is 2.47. The van der Waals surface area contributed by atoms with Gasteiger partial charge >= 0.3 is 0 Å². The molecule has 112 valence electrons. The van der Waals surface area contributed by atoms with Crippen LogP contribution in [0.15, 0.2) is 43.0 Å². The molecule has 0 fully saturated rings. The topological polar surface area (TPSA) is 47.0 Å². The lowest BCUT2D eigenvalue weighted by Gasteiger charge is -2.19. The van der Waals surface area contributed by atoms with E-state index < -0.39 is 0 Å². The third-order valence-corrected chi connectivity index (χ3v) is 3.12. The molecule has 0 spiro atoms. The highest BCUT2D eigenvalue weighted by Gasteiger charge is 2.13. The van der Waals surface area contributed by atoms with Crippen molar-refractivity contribution >= 4 is 0 Å². The number of nitrogens with zero attached hydrogens (tertiary/aromatic N) is 2. The van der Waals surface area contributed by atoms with Gasteiger partial charge in [-0.05, 0) is 50.1 Å². The van der Waals surface area contributed by atoms with Crippen molar-refractivity contribution in [2.75, 3.05) is 6.54 Å². The van der Waals surface area contributed by atoms with Gasteiger partial charge in [-0.25, -0.2) is 0 Å². The summed E-state index contributed by atoms with van der Waals surface area (Å²) in [6, 6.07) is 6.34. The van der Waals surface area contributed by atoms with Crippen LogP contribution in [0.3, 0.4) is 0 Å². The van der Waals surface area contributed by atoms with E-state index >= 15 is 0 Å². The third kappa shape index (κ3) is 4.83. The maximum Gasteiger partial charge on any atom is 0.138 e. The van der Waals surface area contributed by atoms with Crippen LogP contribution in [0.2, 0.25) is 0 Å². The van der Waals surface area contributed by atoms with Gasteiger partial charge in [0.15, 0.2) is 0 Å². The zero-order valence-electron chi connectivity index (χ0n) is 12.9. The van der Waals surface area contributed by atoms with Crippen molar-refractivity contribution < 1.29 is 4.74 Å². The van der Waals surface area contributed by atoms with E-state index in [0.717, 1.165) is 24.3 Å². The van der Waals surface area contributed by atoms with Gasteiger partial charge in [-0.1, -0.05) is 13.0 Å². The van der Waals surface area contributed by atoms with Crippen LogP contribution in [0.5, 0.6) is 5.75 Å². The number of ether oxygens (including phenoxy) is 1. The minimum absolute atomic E-state index is 0.151. The highest BCUT2D eigenvalue weighted by molar-refractivity contribution is 5.27. The van der Waals surface area contributed by atoms with E-state index in [1.54, 1.807) is 12.4 Å². The van der Waals surface area contributed by atoms with Gasteiger partial charge in [0.05, 0.1) is 12.3 Å². The quantitative estimate of drug-likeness (QED) is 0.849. The Morgan fingerprint density at radius 2 is 2.05 bits per heavy atom. The second kappa shape index (κ2) is 7.74. The van der Waals surface area contributed by atoms with E-state index in [1.165, 1.54) is 5.56 Å². The number of likely N-dealkylation sites (N-methyl/N-ethyl adjacent to an activating group) is 1. The van der Waals surface area contributed by atoms with Crippen LogP contribution in [0.4, 0.5) is 0 Å².